The molecule has 0 bridgehead atoms. The summed E-state index contributed by atoms with van der Waals surface area (Å²) in [5.74, 6) is 0. The van der Waals surface area contributed by atoms with Crippen LogP contribution in [0.5, 0.6) is 0 Å². The first kappa shape index (κ1) is 34.9. The predicted molar refractivity (Wildman–Crippen MR) is 264 cm³/mol. The van der Waals surface area contributed by atoms with E-state index in [-0.39, 0.29) is 0 Å². The number of thiophene rings is 1. The van der Waals surface area contributed by atoms with E-state index in [1.807, 2.05) is 17.4 Å². The summed E-state index contributed by atoms with van der Waals surface area (Å²) in [5.41, 5.74) is 13.4. The Morgan fingerprint density at radius 1 is 0.419 bits per heavy atom. The molecule has 3 heterocycles. The zero-order valence-corrected chi connectivity index (χ0v) is 34.3. The van der Waals surface area contributed by atoms with Crippen LogP contribution in [0.15, 0.2) is 223 Å². The number of fused-ring (bicyclic) bond motifs is 11. The third-order valence-corrected chi connectivity index (χ3v) is 13.8. The minimum atomic E-state index is 0.868. The second-order valence-corrected chi connectivity index (χ2v) is 17.1. The lowest BCUT2D eigenvalue weighted by Crippen LogP contribution is -2.11. The van der Waals surface area contributed by atoms with Gasteiger partial charge in [0.15, 0.2) is 0 Å². The minimum Gasteiger partial charge on any atom is -0.456 e. The zero-order valence-electron chi connectivity index (χ0n) is 33.5. The fourth-order valence-corrected chi connectivity index (χ4v) is 11.1. The van der Waals surface area contributed by atoms with Gasteiger partial charge in [-0.1, -0.05) is 158 Å². The molecule has 0 atom stereocenters. The summed E-state index contributed by atoms with van der Waals surface area (Å²) in [6.45, 7) is 0. The van der Waals surface area contributed by atoms with Gasteiger partial charge in [-0.15, -0.1) is 11.3 Å². The van der Waals surface area contributed by atoms with E-state index in [4.69, 9.17) is 4.42 Å². The molecular formula is C58H36N2OS. The van der Waals surface area contributed by atoms with Crippen LogP contribution in [-0.2, 0) is 0 Å². The van der Waals surface area contributed by atoms with Crippen LogP contribution in [0.1, 0.15) is 0 Å². The van der Waals surface area contributed by atoms with Gasteiger partial charge < -0.3 is 13.9 Å². The normalized spacial score (nSPS) is 11.9. The maximum absolute atomic E-state index is 6.51. The fourth-order valence-electron chi connectivity index (χ4n) is 9.80. The van der Waals surface area contributed by atoms with E-state index in [1.165, 1.54) is 69.4 Å². The molecule has 62 heavy (non-hydrogen) atoms. The van der Waals surface area contributed by atoms with Gasteiger partial charge in [0.1, 0.15) is 11.2 Å². The average Bonchev–Trinajstić information content (AvgIpc) is 4.03. The first-order valence-electron chi connectivity index (χ1n) is 21.1. The first-order valence-corrected chi connectivity index (χ1v) is 21.9. The third-order valence-electron chi connectivity index (χ3n) is 12.6. The second kappa shape index (κ2) is 13.8. The smallest absolute Gasteiger partial charge is 0.137 e. The van der Waals surface area contributed by atoms with Crippen molar-refractivity contribution in [2.45, 2.75) is 0 Å². The molecule has 0 N–H and O–H groups in total. The number of aromatic nitrogens is 1. The molecule has 3 nitrogen and oxygen atoms in total. The van der Waals surface area contributed by atoms with Crippen molar-refractivity contribution in [3.8, 4) is 27.9 Å². The molecule has 13 rings (SSSR count). The van der Waals surface area contributed by atoms with E-state index in [9.17, 15) is 0 Å². The Morgan fingerprint density at radius 3 is 1.95 bits per heavy atom. The summed E-state index contributed by atoms with van der Waals surface area (Å²) in [6.07, 6.45) is 0. The summed E-state index contributed by atoms with van der Waals surface area (Å²) in [6, 6.07) is 79.1. The molecular weight excluding hydrogens is 773 g/mol. The van der Waals surface area contributed by atoms with E-state index >= 15 is 0 Å². The van der Waals surface area contributed by atoms with E-state index in [0.29, 0.717) is 0 Å². The Labute approximate surface area is 361 Å². The van der Waals surface area contributed by atoms with Gasteiger partial charge in [-0.3, -0.25) is 0 Å². The number of rotatable bonds is 6. The Hall–Kier alpha value is -7.92. The van der Waals surface area contributed by atoms with Crippen molar-refractivity contribution in [2.24, 2.45) is 0 Å². The lowest BCUT2D eigenvalue weighted by molar-refractivity contribution is 0.669. The third kappa shape index (κ3) is 5.30. The van der Waals surface area contributed by atoms with Crippen molar-refractivity contribution >= 4 is 103 Å². The molecule has 3 aromatic heterocycles. The first-order chi connectivity index (χ1) is 30.8. The van der Waals surface area contributed by atoms with Gasteiger partial charge in [-0.2, -0.15) is 0 Å². The molecule has 290 valence electrons. The fraction of sp³-hybridized carbons (Fsp3) is 0. The number of nitrogens with zero attached hydrogens (tertiary/aromatic N) is 2. The summed E-state index contributed by atoms with van der Waals surface area (Å²) in [7, 11) is 0. The van der Waals surface area contributed by atoms with Crippen LogP contribution in [0.4, 0.5) is 17.1 Å². The number of furan rings is 1. The van der Waals surface area contributed by atoms with E-state index in [2.05, 4.69) is 222 Å². The molecule has 0 aliphatic carbocycles. The molecule has 0 fully saturated rings. The van der Waals surface area contributed by atoms with Gasteiger partial charge in [0.05, 0.1) is 27.8 Å². The molecule has 0 radical (unpaired) electrons. The summed E-state index contributed by atoms with van der Waals surface area (Å²) in [5, 5.41) is 9.68. The quantitative estimate of drug-likeness (QED) is 0.167. The Balaban J connectivity index is 1.03. The maximum atomic E-state index is 6.51. The molecule has 0 saturated carbocycles. The molecule has 0 aliphatic heterocycles. The summed E-state index contributed by atoms with van der Waals surface area (Å²) < 4.78 is 11.5. The molecule has 10 aromatic carbocycles. The summed E-state index contributed by atoms with van der Waals surface area (Å²) >= 11 is 1.87. The van der Waals surface area contributed by atoms with Gasteiger partial charge in [-0.05, 0) is 88.3 Å². The number of para-hydroxylation sites is 2. The Kier molecular flexibility index (Phi) is 7.78. The number of hydrogen-bond donors (Lipinski definition) is 0. The van der Waals surface area contributed by atoms with Crippen LogP contribution in [0.25, 0.3) is 103 Å². The lowest BCUT2D eigenvalue weighted by Gasteiger charge is -2.28. The zero-order chi connectivity index (χ0) is 40.7. The van der Waals surface area contributed by atoms with Gasteiger partial charge in [-0.25, -0.2) is 0 Å². The van der Waals surface area contributed by atoms with Crippen molar-refractivity contribution in [3.63, 3.8) is 0 Å². The molecule has 0 amide bonds. The SMILES string of the molecule is c1ccc(-c2ccc(N(c3ccc(-c4ccc5c6ccc7ccccc7c6n(-c6ccccc6)c5c4)cc3)c3cccc4oc5ccccc5c34)c3c2sc2ccccc23)cc1. The molecule has 0 spiro atoms. The van der Waals surface area contributed by atoms with Crippen LogP contribution in [-0.4, -0.2) is 4.57 Å². The van der Waals surface area contributed by atoms with Crippen molar-refractivity contribution in [1.29, 1.82) is 0 Å². The van der Waals surface area contributed by atoms with Crippen molar-refractivity contribution in [2.75, 3.05) is 4.90 Å². The van der Waals surface area contributed by atoms with Crippen LogP contribution < -0.4 is 4.90 Å². The minimum absolute atomic E-state index is 0.868. The van der Waals surface area contributed by atoms with Crippen LogP contribution in [0, 0.1) is 0 Å². The summed E-state index contributed by atoms with van der Waals surface area (Å²) in [4.78, 5) is 2.45. The van der Waals surface area contributed by atoms with Gasteiger partial charge >= 0.3 is 0 Å². The highest BCUT2D eigenvalue weighted by molar-refractivity contribution is 7.26. The van der Waals surface area contributed by atoms with Crippen molar-refractivity contribution < 1.29 is 4.42 Å². The molecule has 0 unspecified atom stereocenters. The van der Waals surface area contributed by atoms with Gasteiger partial charge in [0, 0.05) is 53.1 Å². The van der Waals surface area contributed by atoms with Crippen LogP contribution in [0.3, 0.4) is 0 Å². The van der Waals surface area contributed by atoms with Gasteiger partial charge in [0.2, 0.25) is 0 Å². The van der Waals surface area contributed by atoms with Gasteiger partial charge in [0.25, 0.3) is 0 Å². The Bertz CT molecular complexity index is 3860. The molecule has 0 aliphatic rings. The number of benzene rings is 10. The second-order valence-electron chi connectivity index (χ2n) is 16.0. The van der Waals surface area contributed by atoms with Crippen LogP contribution >= 0.6 is 11.3 Å². The van der Waals surface area contributed by atoms with E-state index in [1.54, 1.807) is 0 Å². The predicted octanol–water partition coefficient (Wildman–Crippen LogP) is 17.0. The highest BCUT2D eigenvalue weighted by atomic mass is 32.1. The topological polar surface area (TPSA) is 21.3 Å². The number of anilines is 3. The average molecular weight is 809 g/mol. The highest BCUT2D eigenvalue weighted by Crippen LogP contribution is 2.50. The van der Waals surface area contributed by atoms with E-state index < -0.39 is 0 Å². The van der Waals surface area contributed by atoms with Crippen molar-refractivity contribution in [1.82, 2.24) is 4.57 Å². The van der Waals surface area contributed by atoms with E-state index in [0.717, 1.165) is 50.3 Å². The number of hydrogen-bond acceptors (Lipinski definition) is 3. The largest absolute Gasteiger partial charge is 0.456 e. The standard InChI is InChI=1S/C58H36N2OS/c1-3-14-38(15-4-1)44-34-35-50(56-48-21-10-12-25-54(48)62-58(44)56)59(49-22-13-24-53-55(49)47-20-9-11-23-52(47)61-53)42-30-26-37(27-31-42)40-29-32-45-46-33-28-39-16-7-8-19-43(39)57(46)60(51(45)36-40)41-17-5-2-6-18-41/h1-36H. The molecule has 0 saturated heterocycles. The van der Waals surface area contributed by atoms with Crippen molar-refractivity contribution in [3.05, 3.63) is 218 Å². The Morgan fingerprint density at radius 2 is 1.10 bits per heavy atom. The molecule has 4 heteroatoms. The lowest BCUT2D eigenvalue weighted by atomic mass is 9.99. The highest BCUT2D eigenvalue weighted by Gasteiger charge is 2.24. The molecule has 13 aromatic rings. The maximum Gasteiger partial charge on any atom is 0.137 e. The van der Waals surface area contributed by atoms with Crippen LogP contribution in [0.2, 0.25) is 0 Å². The monoisotopic (exact) mass is 808 g/mol.